The van der Waals surface area contributed by atoms with Gasteiger partial charge in [-0.3, -0.25) is 4.98 Å². The molecular formula is C20H25NO7. The van der Waals surface area contributed by atoms with Crippen molar-refractivity contribution in [3.8, 4) is 11.5 Å². The second kappa shape index (κ2) is 9.31. The van der Waals surface area contributed by atoms with Crippen LogP contribution in [-0.2, 0) is 11.2 Å². The summed E-state index contributed by atoms with van der Waals surface area (Å²) in [5.41, 5.74) is 1.82. The smallest absolute Gasteiger partial charge is 0.229 e. The highest BCUT2D eigenvalue weighted by Crippen LogP contribution is 2.27. The number of aliphatic hydroxyl groups excluding tert-OH is 4. The molecule has 1 aliphatic rings. The van der Waals surface area contributed by atoms with Crippen LogP contribution in [0.25, 0.3) is 0 Å². The largest absolute Gasteiger partial charge is 0.494 e. The second-order valence-corrected chi connectivity index (χ2v) is 6.55. The minimum atomic E-state index is -1.50. The number of hydrogen-bond donors (Lipinski definition) is 4. The van der Waals surface area contributed by atoms with Crippen LogP contribution in [0.4, 0.5) is 0 Å². The van der Waals surface area contributed by atoms with Gasteiger partial charge in [0.05, 0.1) is 19.4 Å². The molecule has 2 heterocycles. The lowest BCUT2D eigenvalue weighted by atomic mass is 9.99. The zero-order valence-corrected chi connectivity index (χ0v) is 15.5. The van der Waals surface area contributed by atoms with E-state index in [1.54, 1.807) is 12.3 Å². The van der Waals surface area contributed by atoms with Crippen molar-refractivity contribution < 1.29 is 34.6 Å². The predicted octanol–water partition coefficient (Wildman–Crippen LogP) is 0.250. The average molecular weight is 391 g/mol. The quantitative estimate of drug-likeness (QED) is 0.530. The zero-order valence-electron chi connectivity index (χ0n) is 15.5. The average Bonchev–Trinajstić information content (AvgIpc) is 2.71. The molecule has 0 radical (unpaired) electrons. The summed E-state index contributed by atoms with van der Waals surface area (Å²) in [5, 5.41) is 39.3. The minimum absolute atomic E-state index is 0.376. The SMILES string of the molecule is CCOc1ccc(Cc2ccncc2O[C@@H]2O[C@H](CO)[C@@H](O)[C@H](O)[C@H]2O)cc1. The number of aliphatic hydroxyl groups is 4. The van der Waals surface area contributed by atoms with Crippen LogP contribution in [0, 0.1) is 0 Å². The van der Waals surface area contributed by atoms with Crippen LogP contribution in [0.15, 0.2) is 42.7 Å². The van der Waals surface area contributed by atoms with Crippen molar-refractivity contribution >= 4 is 0 Å². The van der Waals surface area contributed by atoms with E-state index >= 15 is 0 Å². The van der Waals surface area contributed by atoms with Crippen molar-refractivity contribution in [2.45, 2.75) is 44.1 Å². The molecule has 0 amide bonds. The van der Waals surface area contributed by atoms with Crippen LogP contribution >= 0.6 is 0 Å². The van der Waals surface area contributed by atoms with E-state index in [2.05, 4.69) is 4.98 Å². The van der Waals surface area contributed by atoms with Crippen LogP contribution < -0.4 is 9.47 Å². The first kappa shape index (κ1) is 20.5. The molecule has 0 aliphatic carbocycles. The minimum Gasteiger partial charge on any atom is -0.494 e. The second-order valence-electron chi connectivity index (χ2n) is 6.55. The summed E-state index contributed by atoms with van der Waals surface area (Å²) in [4.78, 5) is 4.05. The van der Waals surface area contributed by atoms with Gasteiger partial charge in [0.15, 0.2) is 0 Å². The van der Waals surface area contributed by atoms with E-state index in [-0.39, 0.29) is 0 Å². The van der Waals surface area contributed by atoms with Crippen LogP contribution in [0.1, 0.15) is 18.1 Å². The van der Waals surface area contributed by atoms with Crippen LogP contribution in [0.3, 0.4) is 0 Å². The standard InChI is InChI=1S/C20H25NO7/c1-2-26-14-5-3-12(4-6-14)9-13-7-8-21-10-15(13)27-20-19(25)18(24)17(23)16(11-22)28-20/h3-8,10,16-20,22-25H,2,9,11H2,1H3/t16-,17-,18+,19-,20-/m1/s1. The molecule has 0 saturated carbocycles. The van der Waals surface area contributed by atoms with Gasteiger partial charge in [-0.1, -0.05) is 12.1 Å². The van der Waals surface area contributed by atoms with Gasteiger partial charge < -0.3 is 34.6 Å². The predicted molar refractivity (Wildman–Crippen MR) is 99.0 cm³/mol. The molecule has 0 unspecified atom stereocenters. The number of aromatic nitrogens is 1. The lowest BCUT2D eigenvalue weighted by Gasteiger charge is -2.39. The first-order valence-electron chi connectivity index (χ1n) is 9.15. The Labute approximate surface area is 163 Å². The summed E-state index contributed by atoms with van der Waals surface area (Å²) in [5.74, 6) is 1.17. The Morgan fingerprint density at radius 3 is 2.46 bits per heavy atom. The molecule has 8 nitrogen and oxygen atoms in total. The maximum atomic E-state index is 10.2. The number of pyridine rings is 1. The van der Waals surface area contributed by atoms with Gasteiger partial charge >= 0.3 is 0 Å². The number of ether oxygens (including phenoxy) is 3. The molecule has 0 bridgehead atoms. The lowest BCUT2D eigenvalue weighted by molar-refractivity contribution is -0.277. The summed E-state index contributed by atoms with van der Waals surface area (Å²) >= 11 is 0. The van der Waals surface area contributed by atoms with E-state index in [9.17, 15) is 20.4 Å². The van der Waals surface area contributed by atoms with Crippen molar-refractivity contribution in [2.24, 2.45) is 0 Å². The van der Waals surface area contributed by atoms with Crippen LogP contribution in [0.5, 0.6) is 11.5 Å². The number of nitrogens with zero attached hydrogens (tertiary/aromatic N) is 1. The maximum Gasteiger partial charge on any atom is 0.229 e. The molecule has 5 atom stereocenters. The van der Waals surface area contributed by atoms with Gasteiger partial charge in [0.25, 0.3) is 0 Å². The third-order valence-electron chi connectivity index (χ3n) is 4.59. The number of hydrogen-bond acceptors (Lipinski definition) is 8. The third-order valence-corrected chi connectivity index (χ3v) is 4.59. The van der Waals surface area contributed by atoms with Crippen LogP contribution in [0.2, 0.25) is 0 Å². The Hall–Kier alpha value is -2.23. The van der Waals surface area contributed by atoms with E-state index < -0.39 is 37.3 Å². The van der Waals surface area contributed by atoms with E-state index in [0.29, 0.717) is 18.8 Å². The first-order valence-corrected chi connectivity index (χ1v) is 9.15. The summed E-state index contributed by atoms with van der Waals surface area (Å²) < 4.78 is 16.6. The third kappa shape index (κ3) is 4.60. The molecule has 1 aromatic heterocycles. The maximum absolute atomic E-state index is 10.2. The molecule has 0 spiro atoms. The topological polar surface area (TPSA) is 122 Å². The summed E-state index contributed by atoms with van der Waals surface area (Å²) in [6.45, 7) is 2.01. The fourth-order valence-electron chi connectivity index (χ4n) is 3.04. The van der Waals surface area contributed by atoms with Gasteiger partial charge in [0.1, 0.15) is 35.9 Å². The summed E-state index contributed by atoms with van der Waals surface area (Å²) in [6, 6.07) is 9.46. The van der Waals surface area contributed by atoms with Gasteiger partial charge in [-0.2, -0.15) is 0 Å². The Morgan fingerprint density at radius 1 is 1.04 bits per heavy atom. The van der Waals surface area contributed by atoms with Crippen molar-refractivity contribution in [2.75, 3.05) is 13.2 Å². The van der Waals surface area contributed by atoms with Gasteiger partial charge in [0, 0.05) is 18.2 Å². The van der Waals surface area contributed by atoms with E-state index in [4.69, 9.17) is 14.2 Å². The molecule has 1 saturated heterocycles. The van der Waals surface area contributed by atoms with Gasteiger partial charge in [0.2, 0.25) is 6.29 Å². The monoisotopic (exact) mass is 391 g/mol. The Kier molecular flexibility index (Phi) is 6.82. The highest BCUT2D eigenvalue weighted by Gasteiger charge is 2.44. The van der Waals surface area contributed by atoms with Gasteiger partial charge in [-0.15, -0.1) is 0 Å². The molecule has 2 aromatic rings. The lowest BCUT2D eigenvalue weighted by Crippen LogP contribution is -2.60. The first-order chi connectivity index (χ1) is 13.5. The molecule has 1 fully saturated rings. The molecule has 4 N–H and O–H groups in total. The number of rotatable bonds is 7. The van der Waals surface area contributed by atoms with Crippen molar-refractivity contribution in [1.82, 2.24) is 4.98 Å². The Bertz CT molecular complexity index is 752. The van der Waals surface area contributed by atoms with Crippen LogP contribution in [-0.4, -0.2) is 69.3 Å². The Morgan fingerprint density at radius 2 is 1.79 bits per heavy atom. The van der Waals surface area contributed by atoms with Crippen molar-refractivity contribution in [1.29, 1.82) is 0 Å². The highest BCUT2D eigenvalue weighted by molar-refractivity contribution is 5.37. The summed E-state index contributed by atoms with van der Waals surface area (Å²) in [6.07, 6.45) is -3.03. The normalized spacial score (nSPS) is 27.4. The zero-order chi connectivity index (χ0) is 20.1. The molecule has 3 rings (SSSR count). The van der Waals surface area contributed by atoms with E-state index in [1.165, 1.54) is 6.20 Å². The van der Waals surface area contributed by atoms with Crippen molar-refractivity contribution in [3.63, 3.8) is 0 Å². The van der Waals surface area contributed by atoms with E-state index in [1.807, 2.05) is 31.2 Å². The summed E-state index contributed by atoms with van der Waals surface area (Å²) in [7, 11) is 0. The molecule has 1 aromatic carbocycles. The molecule has 28 heavy (non-hydrogen) atoms. The molecular weight excluding hydrogens is 366 g/mol. The molecule has 1 aliphatic heterocycles. The van der Waals surface area contributed by atoms with Crippen molar-refractivity contribution in [3.05, 3.63) is 53.9 Å². The number of benzene rings is 1. The Balaban J connectivity index is 1.74. The van der Waals surface area contributed by atoms with E-state index in [0.717, 1.165) is 16.9 Å². The fraction of sp³-hybridized carbons (Fsp3) is 0.450. The highest BCUT2D eigenvalue weighted by atomic mass is 16.7. The van der Waals surface area contributed by atoms with Gasteiger partial charge in [-0.05, 0) is 30.7 Å². The molecule has 8 heteroatoms. The fourth-order valence-corrected chi connectivity index (χ4v) is 3.04. The van der Waals surface area contributed by atoms with Gasteiger partial charge in [-0.25, -0.2) is 0 Å². The molecule has 152 valence electrons.